The molecular formula is C33H44N8O2. The second-order valence-electron chi connectivity index (χ2n) is 11.7. The Morgan fingerprint density at radius 3 is 2.37 bits per heavy atom. The first kappa shape index (κ1) is 31.6. The molecular weight excluding hydrogens is 540 g/mol. The van der Waals surface area contributed by atoms with Crippen LogP contribution in [0.25, 0.3) is 5.70 Å². The summed E-state index contributed by atoms with van der Waals surface area (Å²) >= 11 is 0. The molecule has 2 unspecified atom stereocenters. The zero-order valence-corrected chi connectivity index (χ0v) is 26.0. The van der Waals surface area contributed by atoms with Gasteiger partial charge in [0.05, 0.1) is 18.0 Å². The minimum absolute atomic E-state index is 0.0641. The summed E-state index contributed by atoms with van der Waals surface area (Å²) in [6.07, 6.45) is 3.52. The summed E-state index contributed by atoms with van der Waals surface area (Å²) in [5.41, 5.74) is 15.6. The Bertz CT molecular complexity index is 1460. The summed E-state index contributed by atoms with van der Waals surface area (Å²) < 4.78 is 0. The number of nitriles is 1. The molecule has 0 aromatic heterocycles. The number of amides is 2. The van der Waals surface area contributed by atoms with E-state index in [9.17, 15) is 14.9 Å². The highest BCUT2D eigenvalue weighted by molar-refractivity contribution is 5.98. The van der Waals surface area contributed by atoms with Crippen LogP contribution in [0.4, 0.5) is 0 Å². The number of hydrogen-bond acceptors (Lipinski definition) is 7. The largest absolute Gasteiger partial charge is 0.388 e. The summed E-state index contributed by atoms with van der Waals surface area (Å²) in [6.45, 7) is 6.93. The molecule has 1 aliphatic heterocycles. The van der Waals surface area contributed by atoms with Gasteiger partial charge < -0.3 is 31.6 Å². The molecule has 0 radical (unpaired) electrons. The molecule has 0 spiro atoms. The summed E-state index contributed by atoms with van der Waals surface area (Å²) in [7, 11) is 7.07. The third-order valence-corrected chi connectivity index (χ3v) is 8.70. The van der Waals surface area contributed by atoms with Crippen molar-refractivity contribution in [2.75, 3.05) is 41.3 Å². The van der Waals surface area contributed by atoms with E-state index in [0.29, 0.717) is 37.2 Å². The minimum atomic E-state index is -0.859. The van der Waals surface area contributed by atoms with Crippen LogP contribution in [0.2, 0.25) is 0 Å². The number of rotatable bonds is 10. The van der Waals surface area contributed by atoms with Crippen LogP contribution in [-0.4, -0.2) is 80.8 Å². The molecule has 43 heavy (non-hydrogen) atoms. The van der Waals surface area contributed by atoms with Crippen molar-refractivity contribution in [2.24, 2.45) is 10.8 Å². The van der Waals surface area contributed by atoms with Gasteiger partial charge in [0.2, 0.25) is 5.91 Å². The van der Waals surface area contributed by atoms with Gasteiger partial charge in [-0.2, -0.15) is 10.4 Å². The van der Waals surface area contributed by atoms with Crippen LogP contribution in [0.3, 0.4) is 0 Å². The maximum absolute atomic E-state index is 13.1. The Morgan fingerprint density at radius 2 is 1.79 bits per heavy atom. The van der Waals surface area contributed by atoms with Crippen LogP contribution < -0.4 is 21.8 Å². The van der Waals surface area contributed by atoms with Crippen molar-refractivity contribution < 1.29 is 9.59 Å². The van der Waals surface area contributed by atoms with Crippen molar-refractivity contribution in [3.8, 4) is 6.07 Å². The Balaban J connectivity index is 1.82. The van der Waals surface area contributed by atoms with Gasteiger partial charge in [0, 0.05) is 52.0 Å². The van der Waals surface area contributed by atoms with Crippen molar-refractivity contribution in [1.29, 1.82) is 5.26 Å². The Labute approximate surface area is 255 Å². The SMILES string of the molecule is C=C(NC)c1ccc2c(c1)CCc1cc(C(=O)N(C)C)ccc1C2(C[C@@H](C)NCC(=O)N1CCCC1C#N)/C(N)=N/NC. The summed E-state index contributed by atoms with van der Waals surface area (Å²) in [4.78, 5) is 29.3. The van der Waals surface area contributed by atoms with Crippen molar-refractivity contribution in [3.63, 3.8) is 0 Å². The molecule has 1 fully saturated rings. The predicted octanol–water partition coefficient (Wildman–Crippen LogP) is 2.34. The molecule has 5 N–H and O–H groups in total. The molecule has 1 aliphatic carbocycles. The number of amidine groups is 1. The average molecular weight is 585 g/mol. The normalized spacial score (nSPS) is 20.2. The number of nitrogens with two attached hydrogens (primary N) is 1. The Hall–Kier alpha value is -4.36. The van der Waals surface area contributed by atoms with E-state index in [4.69, 9.17) is 5.73 Å². The number of hydrazone groups is 1. The van der Waals surface area contributed by atoms with Crippen LogP contribution in [0.5, 0.6) is 0 Å². The van der Waals surface area contributed by atoms with Gasteiger partial charge in [-0.1, -0.05) is 24.8 Å². The fraction of sp³-hybridized carbons (Fsp3) is 0.455. The molecule has 0 bridgehead atoms. The second-order valence-corrected chi connectivity index (χ2v) is 11.7. The second kappa shape index (κ2) is 13.3. The predicted molar refractivity (Wildman–Crippen MR) is 170 cm³/mol. The molecule has 2 aliphatic rings. The number of benzene rings is 2. The number of hydrogen-bond donors (Lipinski definition) is 4. The van der Waals surface area contributed by atoms with Gasteiger partial charge in [0.15, 0.2) is 0 Å². The molecule has 2 aromatic carbocycles. The first-order valence-electron chi connectivity index (χ1n) is 14.9. The molecule has 1 saturated heterocycles. The van der Waals surface area contributed by atoms with Crippen LogP contribution in [0.1, 0.15) is 64.4 Å². The van der Waals surface area contributed by atoms with Crippen LogP contribution >= 0.6 is 0 Å². The van der Waals surface area contributed by atoms with E-state index < -0.39 is 5.41 Å². The van der Waals surface area contributed by atoms with Gasteiger partial charge in [-0.05, 0) is 85.0 Å². The van der Waals surface area contributed by atoms with Crippen molar-refractivity contribution in [3.05, 3.63) is 76.4 Å². The van der Waals surface area contributed by atoms with Gasteiger partial charge in [-0.15, -0.1) is 0 Å². The molecule has 1 heterocycles. The van der Waals surface area contributed by atoms with Gasteiger partial charge in [0.25, 0.3) is 5.91 Å². The van der Waals surface area contributed by atoms with E-state index in [0.717, 1.165) is 46.4 Å². The maximum Gasteiger partial charge on any atom is 0.253 e. The summed E-state index contributed by atoms with van der Waals surface area (Å²) in [6, 6.07) is 13.9. The highest BCUT2D eigenvalue weighted by Crippen LogP contribution is 2.44. The van der Waals surface area contributed by atoms with Gasteiger partial charge in [-0.3, -0.25) is 9.59 Å². The Morgan fingerprint density at radius 1 is 1.16 bits per heavy atom. The summed E-state index contributed by atoms with van der Waals surface area (Å²) in [5, 5.41) is 20.6. The average Bonchev–Trinajstić information content (AvgIpc) is 3.45. The van der Waals surface area contributed by atoms with E-state index in [1.54, 1.807) is 30.9 Å². The van der Waals surface area contributed by atoms with Gasteiger partial charge >= 0.3 is 0 Å². The van der Waals surface area contributed by atoms with Crippen molar-refractivity contribution >= 4 is 23.3 Å². The molecule has 2 amide bonds. The van der Waals surface area contributed by atoms with E-state index >= 15 is 0 Å². The lowest BCUT2D eigenvalue weighted by Gasteiger charge is -2.38. The summed E-state index contributed by atoms with van der Waals surface area (Å²) in [5.74, 6) is 0.256. The molecule has 3 atom stereocenters. The van der Waals surface area contributed by atoms with Crippen LogP contribution in [0.15, 0.2) is 48.1 Å². The monoisotopic (exact) mass is 584 g/mol. The number of likely N-dealkylation sites (tertiary alicyclic amines) is 1. The molecule has 2 aromatic rings. The lowest BCUT2D eigenvalue weighted by Crippen LogP contribution is -2.50. The zero-order chi connectivity index (χ0) is 31.3. The number of nitrogens with zero attached hydrogens (tertiary/aromatic N) is 4. The topological polar surface area (TPSA) is 139 Å². The molecule has 228 valence electrons. The van der Waals surface area contributed by atoms with Crippen molar-refractivity contribution in [1.82, 2.24) is 25.9 Å². The number of carbonyl (C=O) groups excluding carboxylic acids is 2. The third kappa shape index (κ3) is 6.22. The highest BCUT2D eigenvalue weighted by Gasteiger charge is 2.44. The van der Waals surface area contributed by atoms with E-state index in [1.165, 1.54) is 0 Å². The smallest absolute Gasteiger partial charge is 0.253 e. The van der Waals surface area contributed by atoms with E-state index in [2.05, 4.69) is 45.9 Å². The fourth-order valence-corrected chi connectivity index (χ4v) is 6.48. The van der Waals surface area contributed by atoms with Gasteiger partial charge in [0.1, 0.15) is 11.9 Å². The zero-order valence-electron chi connectivity index (χ0n) is 26.0. The minimum Gasteiger partial charge on any atom is -0.388 e. The third-order valence-electron chi connectivity index (χ3n) is 8.70. The quantitative estimate of drug-likeness (QED) is 0.191. The van der Waals surface area contributed by atoms with Crippen LogP contribution in [-0.2, 0) is 23.1 Å². The van der Waals surface area contributed by atoms with E-state index in [1.807, 2.05) is 38.2 Å². The maximum atomic E-state index is 13.1. The van der Waals surface area contributed by atoms with Crippen molar-refractivity contribution in [2.45, 2.75) is 56.5 Å². The Kier molecular flexibility index (Phi) is 9.77. The van der Waals surface area contributed by atoms with Crippen LogP contribution in [0, 0.1) is 11.3 Å². The van der Waals surface area contributed by atoms with Gasteiger partial charge in [-0.25, -0.2) is 0 Å². The highest BCUT2D eigenvalue weighted by atomic mass is 16.2. The number of fused-ring (bicyclic) bond motifs is 2. The number of carbonyl (C=O) groups is 2. The molecule has 10 heteroatoms. The lowest BCUT2D eigenvalue weighted by molar-refractivity contribution is -0.130. The van der Waals surface area contributed by atoms with E-state index in [-0.39, 0.29) is 30.4 Å². The number of nitrogens with one attached hydrogen (secondary N) is 3. The first-order chi connectivity index (χ1) is 20.6. The standard InChI is InChI=1S/C33H44N8O2/c1-21(38-20-30(42)41-15-7-8-27(41)19-34)18-33(32(35)39-37-4)28-13-11-23(22(2)36-3)16-24(28)9-10-25-17-26(12-14-29(25)33)31(43)40(5)6/h11-14,16-17,21,27,36-38H,2,7-10,15,18,20H2,1,3-6H3,(H2,35,39)/t21-,27?,33?/m1/s1. The number of aryl methyl sites for hydroxylation is 2. The lowest BCUT2D eigenvalue weighted by atomic mass is 9.67. The first-order valence-corrected chi connectivity index (χ1v) is 14.9. The molecule has 4 rings (SSSR count). The molecule has 0 saturated carbocycles. The molecule has 10 nitrogen and oxygen atoms in total. The fourth-order valence-electron chi connectivity index (χ4n) is 6.48.